The lowest BCUT2D eigenvalue weighted by atomic mass is 9.73. The van der Waals surface area contributed by atoms with Crippen molar-refractivity contribution in [2.45, 2.75) is 32.6 Å². The average molecular weight is 449 g/mol. The molecule has 1 rings (SSSR count). The normalized spacial score (nSPS) is 15.3. The van der Waals surface area contributed by atoms with Gasteiger partial charge in [-0.05, 0) is 49.5 Å². The minimum absolute atomic E-state index is 0.185. The van der Waals surface area contributed by atoms with Gasteiger partial charge in [0.1, 0.15) is 5.76 Å². The van der Waals surface area contributed by atoms with Crippen molar-refractivity contribution in [1.29, 1.82) is 0 Å². The minimum atomic E-state index is -0.211. The molecule has 1 aliphatic rings. The maximum Gasteiger partial charge on any atom is 0.255 e. The quantitative estimate of drug-likeness (QED) is 0.134. The van der Waals surface area contributed by atoms with Crippen LogP contribution in [0, 0.1) is 5.41 Å². The van der Waals surface area contributed by atoms with E-state index in [4.69, 9.17) is 4.74 Å². The Morgan fingerprint density at radius 2 is 2.03 bits per heavy atom. The molecule has 0 heterocycles. The Morgan fingerprint density at radius 1 is 1.24 bits per heavy atom. The second-order valence-electron chi connectivity index (χ2n) is 7.98. The molecule has 0 radical (unpaired) electrons. The number of rotatable bonds is 16. The zero-order chi connectivity index (χ0) is 24.5. The Labute approximate surface area is 200 Å². The molecule has 1 unspecified atom stereocenters. The zero-order valence-electron chi connectivity index (χ0n) is 20.4. The number of allylic oxidation sites excluding steroid dienone is 9. The van der Waals surface area contributed by atoms with Crippen LogP contribution in [-0.2, 0) is 9.53 Å². The summed E-state index contributed by atoms with van der Waals surface area (Å²) in [7, 11) is 1.51. The highest BCUT2D eigenvalue weighted by Gasteiger charge is 2.32. The molecule has 0 aliphatic heterocycles. The molecule has 0 spiro atoms. The molecule has 0 saturated carbocycles. The first kappa shape index (κ1) is 27.9. The predicted molar refractivity (Wildman–Crippen MR) is 142 cm³/mol. The van der Waals surface area contributed by atoms with Gasteiger partial charge < -0.3 is 15.4 Å². The van der Waals surface area contributed by atoms with Crippen LogP contribution in [0.25, 0.3) is 0 Å². The smallest absolute Gasteiger partial charge is 0.255 e. The predicted octanol–water partition coefficient (Wildman–Crippen LogP) is 5.88. The first-order chi connectivity index (χ1) is 15.9. The van der Waals surface area contributed by atoms with Crippen LogP contribution in [0.2, 0.25) is 0 Å². The SMILES string of the molecule is C=C/C=C\C(=C)CNCCCC(CC)(CNC(=O)/C(=C/C=C)C(=C)OC)C1=CC=CCC=C1. The standard InChI is InChI=1S/C29H40N2O2/c1-7-10-17-24(4)22-30-21-15-20-29(9-3,26-18-13-11-12-14-19-26)23-31-28(32)27(16-8-2)25(5)33-6/h7-8,10-11,13-14,16-19,30H,1-2,4-5,9,12,15,20-23H2,3,6H3,(H,31,32)/b17-10-,27-16+. The fourth-order valence-electron chi connectivity index (χ4n) is 3.71. The van der Waals surface area contributed by atoms with Gasteiger partial charge in [0.25, 0.3) is 5.91 Å². The van der Waals surface area contributed by atoms with Crippen LogP contribution in [0.4, 0.5) is 0 Å². The molecule has 1 aliphatic carbocycles. The number of carbonyl (C=O) groups is 1. The van der Waals surface area contributed by atoms with Crippen molar-refractivity contribution >= 4 is 5.91 Å². The summed E-state index contributed by atoms with van der Waals surface area (Å²) >= 11 is 0. The van der Waals surface area contributed by atoms with Gasteiger partial charge in [-0.2, -0.15) is 0 Å². The monoisotopic (exact) mass is 448 g/mol. The first-order valence-electron chi connectivity index (χ1n) is 11.5. The van der Waals surface area contributed by atoms with Gasteiger partial charge in [0, 0.05) is 18.5 Å². The number of methoxy groups -OCH3 is 1. The largest absolute Gasteiger partial charge is 0.497 e. The lowest BCUT2D eigenvalue weighted by Gasteiger charge is -2.35. The lowest BCUT2D eigenvalue weighted by molar-refractivity contribution is -0.118. The zero-order valence-corrected chi connectivity index (χ0v) is 20.4. The second-order valence-corrected chi connectivity index (χ2v) is 7.98. The van der Waals surface area contributed by atoms with Crippen LogP contribution in [0.1, 0.15) is 32.6 Å². The van der Waals surface area contributed by atoms with Gasteiger partial charge in [0.05, 0.1) is 12.7 Å². The van der Waals surface area contributed by atoms with Crippen molar-refractivity contribution in [2.75, 3.05) is 26.7 Å². The summed E-state index contributed by atoms with van der Waals surface area (Å²) in [6.45, 7) is 19.5. The van der Waals surface area contributed by atoms with E-state index >= 15 is 0 Å². The third kappa shape index (κ3) is 9.50. The Morgan fingerprint density at radius 3 is 2.70 bits per heavy atom. The van der Waals surface area contributed by atoms with Gasteiger partial charge in [-0.3, -0.25) is 4.79 Å². The molecule has 33 heavy (non-hydrogen) atoms. The van der Waals surface area contributed by atoms with E-state index in [1.807, 2.05) is 12.2 Å². The first-order valence-corrected chi connectivity index (χ1v) is 11.5. The molecular weight excluding hydrogens is 408 g/mol. The van der Waals surface area contributed by atoms with E-state index in [2.05, 4.69) is 74.3 Å². The highest BCUT2D eigenvalue weighted by molar-refractivity contribution is 5.97. The molecular formula is C29H40N2O2. The number of ether oxygens (including phenoxy) is 1. The summed E-state index contributed by atoms with van der Waals surface area (Å²) in [6.07, 6.45) is 23.3. The number of carbonyl (C=O) groups excluding carboxylic acids is 1. The fourth-order valence-corrected chi connectivity index (χ4v) is 3.71. The summed E-state index contributed by atoms with van der Waals surface area (Å²) in [5, 5.41) is 6.58. The van der Waals surface area contributed by atoms with Crippen molar-refractivity contribution in [3.63, 3.8) is 0 Å². The van der Waals surface area contributed by atoms with E-state index in [1.54, 1.807) is 18.2 Å². The third-order valence-electron chi connectivity index (χ3n) is 5.76. The van der Waals surface area contributed by atoms with E-state index in [0.29, 0.717) is 17.9 Å². The van der Waals surface area contributed by atoms with E-state index < -0.39 is 0 Å². The van der Waals surface area contributed by atoms with Crippen LogP contribution >= 0.6 is 0 Å². The Bertz CT molecular complexity index is 855. The van der Waals surface area contributed by atoms with Crippen molar-refractivity contribution in [3.05, 3.63) is 110 Å². The van der Waals surface area contributed by atoms with Gasteiger partial charge in [-0.1, -0.05) is 87.9 Å². The molecule has 0 bridgehead atoms. The fraction of sp³-hybridized carbons (Fsp3) is 0.345. The summed E-state index contributed by atoms with van der Waals surface area (Å²) in [4.78, 5) is 12.9. The lowest BCUT2D eigenvalue weighted by Crippen LogP contribution is -2.39. The van der Waals surface area contributed by atoms with Crippen LogP contribution in [0.3, 0.4) is 0 Å². The molecule has 2 N–H and O–H groups in total. The second kappa shape index (κ2) is 15.7. The summed E-state index contributed by atoms with van der Waals surface area (Å²) in [5.74, 6) is 0.109. The molecule has 0 fully saturated rings. The number of nitrogens with one attached hydrogen (secondary N) is 2. The molecule has 0 saturated heterocycles. The third-order valence-corrected chi connectivity index (χ3v) is 5.76. The Hall–Kier alpha value is -3.11. The van der Waals surface area contributed by atoms with Crippen molar-refractivity contribution in [3.8, 4) is 0 Å². The summed E-state index contributed by atoms with van der Waals surface area (Å²) in [6, 6.07) is 0. The molecule has 0 aromatic carbocycles. The molecule has 4 nitrogen and oxygen atoms in total. The Kier molecular flexibility index (Phi) is 13.2. The number of hydrogen-bond donors (Lipinski definition) is 2. The molecule has 0 aromatic rings. The van der Waals surface area contributed by atoms with Gasteiger partial charge in [0.15, 0.2) is 0 Å². The van der Waals surface area contributed by atoms with Gasteiger partial charge >= 0.3 is 0 Å². The summed E-state index contributed by atoms with van der Waals surface area (Å²) in [5.41, 5.74) is 2.45. The highest BCUT2D eigenvalue weighted by Crippen LogP contribution is 2.37. The Balaban J connectivity index is 2.93. The molecule has 4 heteroatoms. The van der Waals surface area contributed by atoms with Crippen molar-refractivity contribution in [1.82, 2.24) is 10.6 Å². The van der Waals surface area contributed by atoms with Gasteiger partial charge in [-0.15, -0.1) is 0 Å². The van der Waals surface area contributed by atoms with Crippen molar-refractivity contribution < 1.29 is 9.53 Å². The average Bonchev–Trinajstić information content (AvgIpc) is 3.12. The minimum Gasteiger partial charge on any atom is -0.497 e. The summed E-state index contributed by atoms with van der Waals surface area (Å²) < 4.78 is 5.18. The topological polar surface area (TPSA) is 50.4 Å². The molecule has 1 atom stereocenters. The maximum atomic E-state index is 12.9. The maximum absolute atomic E-state index is 12.9. The molecule has 178 valence electrons. The van der Waals surface area contributed by atoms with Crippen LogP contribution in [0.15, 0.2) is 110 Å². The van der Waals surface area contributed by atoms with E-state index in [1.165, 1.54) is 12.7 Å². The van der Waals surface area contributed by atoms with Gasteiger partial charge in [-0.25, -0.2) is 0 Å². The number of hydrogen-bond acceptors (Lipinski definition) is 3. The van der Waals surface area contributed by atoms with Crippen LogP contribution in [-0.4, -0.2) is 32.7 Å². The van der Waals surface area contributed by atoms with E-state index in [-0.39, 0.29) is 11.3 Å². The van der Waals surface area contributed by atoms with E-state index in [0.717, 1.165) is 44.3 Å². The molecule has 0 aromatic heterocycles. The van der Waals surface area contributed by atoms with Crippen molar-refractivity contribution in [2.24, 2.45) is 5.41 Å². The van der Waals surface area contributed by atoms with Crippen LogP contribution < -0.4 is 10.6 Å². The van der Waals surface area contributed by atoms with Gasteiger partial charge in [0.2, 0.25) is 0 Å². The number of amides is 1. The van der Waals surface area contributed by atoms with E-state index in [9.17, 15) is 4.79 Å². The highest BCUT2D eigenvalue weighted by atomic mass is 16.5. The molecule has 1 amide bonds. The van der Waals surface area contributed by atoms with Crippen LogP contribution in [0.5, 0.6) is 0 Å².